The first-order valence-corrected chi connectivity index (χ1v) is 6.59. The van der Waals surface area contributed by atoms with Crippen LogP contribution in [0.1, 0.15) is 16.5 Å². The van der Waals surface area contributed by atoms with E-state index in [1.54, 1.807) is 19.2 Å². The molecule has 1 heterocycles. The van der Waals surface area contributed by atoms with Gasteiger partial charge in [0.05, 0.1) is 18.2 Å². The Hall–Kier alpha value is -0.740. The van der Waals surface area contributed by atoms with Gasteiger partial charge in [0.2, 0.25) is 0 Å². The number of hydrogen-bond donors (Lipinski definition) is 1. The zero-order chi connectivity index (χ0) is 12.4. The van der Waals surface area contributed by atoms with Crippen molar-refractivity contribution < 1.29 is 4.74 Å². The highest BCUT2D eigenvalue weighted by atomic mass is 35.5. The van der Waals surface area contributed by atoms with Gasteiger partial charge in [-0.05, 0) is 23.6 Å². The monoisotopic (exact) mass is 287 g/mol. The van der Waals surface area contributed by atoms with Gasteiger partial charge in [-0.2, -0.15) is 0 Å². The maximum atomic E-state index is 6.19. The van der Waals surface area contributed by atoms with Crippen molar-refractivity contribution in [1.82, 2.24) is 0 Å². The number of ether oxygens (including phenoxy) is 1. The Labute approximate surface area is 114 Å². The zero-order valence-corrected chi connectivity index (χ0v) is 11.4. The molecular formula is C12H11Cl2NOS. The standard InChI is InChI=1S/C12H11Cl2NOS/c1-16-10-6-7(13)2-3-8(10)11(15)12-9(14)4-5-17-12/h2-6,11H,15H2,1H3. The molecule has 1 unspecified atom stereocenters. The number of halogens is 2. The second-order valence-electron chi connectivity index (χ2n) is 3.50. The van der Waals surface area contributed by atoms with Crippen molar-refractivity contribution in [2.75, 3.05) is 7.11 Å². The molecule has 17 heavy (non-hydrogen) atoms. The first-order chi connectivity index (χ1) is 8.13. The predicted molar refractivity (Wildman–Crippen MR) is 73.4 cm³/mol. The molecule has 0 aliphatic heterocycles. The summed E-state index contributed by atoms with van der Waals surface area (Å²) >= 11 is 13.5. The van der Waals surface area contributed by atoms with Gasteiger partial charge in [-0.3, -0.25) is 0 Å². The SMILES string of the molecule is COc1cc(Cl)ccc1C(N)c1sccc1Cl. The molecule has 0 amide bonds. The average Bonchev–Trinajstić information content (AvgIpc) is 2.74. The minimum absolute atomic E-state index is 0.297. The van der Waals surface area contributed by atoms with E-state index in [0.717, 1.165) is 10.4 Å². The van der Waals surface area contributed by atoms with Crippen LogP contribution in [0.15, 0.2) is 29.6 Å². The number of hydrogen-bond acceptors (Lipinski definition) is 3. The first-order valence-electron chi connectivity index (χ1n) is 4.95. The summed E-state index contributed by atoms with van der Waals surface area (Å²) in [5.74, 6) is 0.675. The van der Waals surface area contributed by atoms with Crippen molar-refractivity contribution in [1.29, 1.82) is 0 Å². The molecule has 2 aromatic rings. The van der Waals surface area contributed by atoms with E-state index in [1.807, 2.05) is 17.5 Å². The lowest BCUT2D eigenvalue weighted by molar-refractivity contribution is 0.408. The Balaban J connectivity index is 2.44. The summed E-state index contributed by atoms with van der Waals surface area (Å²) in [5, 5.41) is 3.22. The van der Waals surface area contributed by atoms with E-state index in [0.29, 0.717) is 15.8 Å². The van der Waals surface area contributed by atoms with Crippen molar-refractivity contribution in [3.63, 3.8) is 0 Å². The smallest absolute Gasteiger partial charge is 0.125 e. The fourth-order valence-corrected chi connectivity index (χ4v) is 2.97. The van der Waals surface area contributed by atoms with Crippen LogP contribution >= 0.6 is 34.5 Å². The summed E-state index contributed by atoms with van der Waals surface area (Å²) in [7, 11) is 1.60. The van der Waals surface area contributed by atoms with Crippen LogP contribution in [0.5, 0.6) is 5.75 Å². The average molecular weight is 288 g/mol. The normalized spacial score (nSPS) is 12.5. The lowest BCUT2D eigenvalue weighted by Crippen LogP contribution is -2.12. The van der Waals surface area contributed by atoms with Gasteiger partial charge < -0.3 is 10.5 Å². The Bertz CT molecular complexity index is 527. The van der Waals surface area contributed by atoms with Gasteiger partial charge in [0.15, 0.2) is 0 Å². The van der Waals surface area contributed by atoms with Crippen molar-refractivity contribution in [2.24, 2.45) is 5.73 Å². The minimum atomic E-state index is -0.297. The van der Waals surface area contributed by atoms with Crippen LogP contribution in [0.25, 0.3) is 0 Å². The highest BCUT2D eigenvalue weighted by Crippen LogP contribution is 2.36. The molecule has 0 radical (unpaired) electrons. The van der Waals surface area contributed by atoms with Crippen molar-refractivity contribution in [2.45, 2.75) is 6.04 Å². The van der Waals surface area contributed by atoms with E-state index in [1.165, 1.54) is 11.3 Å². The molecule has 1 aromatic carbocycles. The molecule has 0 bridgehead atoms. The largest absolute Gasteiger partial charge is 0.496 e. The molecule has 0 aliphatic rings. The molecule has 0 aliphatic carbocycles. The van der Waals surface area contributed by atoms with Crippen LogP contribution < -0.4 is 10.5 Å². The number of benzene rings is 1. The molecule has 2 N–H and O–H groups in total. The van der Waals surface area contributed by atoms with Crippen LogP contribution in [-0.4, -0.2) is 7.11 Å². The molecule has 90 valence electrons. The Morgan fingerprint density at radius 1 is 1.29 bits per heavy atom. The molecule has 5 heteroatoms. The van der Waals surface area contributed by atoms with E-state index >= 15 is 0 Å². The Morgan fingerprint density at radius 2 is 2.06 bits per heavy atom. The van der Waals surface area contributed by atoms with Gasteiger partial charge in [-0.1, -0.05) is 29.3 Å². The van der Waals surface area contributed by atoms with Gasteiger partial charge >= 0.3 is 0 Å². The fraction of sp³-hybridized carbons (Fsp3) is 0.167. The predicted octanol–water partition coefficient (Wildman–Crippen LogP) is 4.11. The van der Waals surface area contributed by atoms with Gasteiger partial charge in [0, 0.05) is 15.5 Å². The quantitative estimate of drug-likeness (QED) is 0.922. The van der Waals surface area contributed by atoms with Crippen LogP contribution in [0.4, 0.5) is 0 Å². The van der Waals surface area contributed by atoms with E-state index in [2.05, 4.69) is 0 Å². The number of rotatable bonds is 3. The third kappa shape index (κ3) is 2.58. The molecule has 1 atom stereocenters. The molecule has 2 rings (SSSR count). The van der Waals surface area contributed by atoms with Crippen LogP contribution in [0, 0.1) is 0 Å². The fourth-order valence-electron chi connectivity index (χ4n) is 1.61. The summed E-state index contributed by atoms with van der Waals surface area (Å²) < 4.78 is 5.28. The molecular weight excluding hydrogens is 277 g/mol. The third-order valence-corrected chi connectivity index (χ3v) is 4.13. The summed E-state index contributed by atoms with van der Waals surface area (Å²) in [6.45, 7) is 0. The maximum absolute atomic E-state index is 6.19. The Kier molecular flexibility index (Phi) is 3.94. The lowest BCUT2D eigenvalue weighted by atomic mass is 10.1. The van der Waals surface area contributed by atoms with E-state index < -0.39 is 0 Å². The molecule has 0 saturated heterocycles. The molecule has 0 fully saturated rings. The van der Waals surface area contributed by atoms with Gasteiger partial charge in [-0.15, -0.1) is 11.3 Å². The van der Waals surface area contributed by atoms with E-state index in [-0.39, 0.29) is 6.04 Å². The first kappa shape index (κ1) is 12.7. The summed E-state index contributed by atoms with van der Waals surface area (Å²) in [5.41, 5.74) is 7.07. The summed E-state index contributed by atoms with van der Waals surface area (Å²) in [4.78, 5) is 0.923. The second kappa shape index (κ2) is 5.27. The minimum Gasteiger partial charge on any atom is -0.496 e. The summed E-state index contributed by atoms with van der Waals surface area (Å²) in [6.07, 6.45) is 0. The third-order valence-electron chi connectivity index (χ3n) is 2.46. The number of methoxy groups -OCH3 is 1. The van der Waals surface area contributed by atoms with E-state index in [9.17, 15) is 0 Å². The highest BCUT2D eigenvalue weighted by molar-refractivity contribution is 7.10. The van der Waals surface area contributed by atoms with Crippen molar-refractivity contribution in [3.8, 4) is 5.75 Å². The Morgan fingerprint density at radius 3 is 2.65 bits per heavy atom. The molecule has 2 nitrogen and oxygen atoms in total. The zero-order valence-electron chi connectivity index (χ0n) is 9.11. The van der Waals surface area contributed by atoms with Crippen molar-refractivity contribution in [3.05, 3.63) is 50.1 Å². The van der Waals surface area contributed by atoms with Gasteiger partial charge in [-0.25, -0.2) is 0 Å². The number of nitrogens with two attached hydrogens (primary N) is 1. The molecule has 1 aromatic heterocycles. The second-order valence-corrected chi connectivity index (χ2v) is 5.29. The van der Waals surface area contributed by atoms with Gasteiger partial charge in [0.25, 0.3) is 0 Å². The summed E-state index contributed by atoms with van der Waals surface area (Å²) in [6, 6.07) is 6.94. The maximum Gasteiger partial charge on any atom is 0.125 e. The van der Waals surface area contributed by atoms with Crippen LogP contribution in [0.2, 0.25) is 10.0 Å². The van der Waals surface area contributed by atoms with Crippen LogP contribution in [-0.2, 0) is 0 Å². The topological polar surface area (TPSA) is 35.2 Å². The van der Waals surface area contributed by atoms with E-state index in [4.69, 9.17) is 33.7 Å². The highest BCUT2D eigenvalue weighted by Gasteiger charge is 2.17. The van der Waals surface area contributed by atoms with Crippen molar-refractivity contribution >= 4 is 34.5 Å². The van der Waals surface area contributed by atoms with Gasteiger partial charge in [0.1, 0.15) is 5.75 Å². The molecule has 0 saturated carbocycles. The number of thiophene rings is 1. The lowest BCUT2D eigenvalue weighted by Gasteiger charge is -2.15. The van der Waals surface area contributed by atoms with Crippen LogP contribution in [0.3, 0.4) is 0 Å². The molecule has 0 spiro atoms.